The van der Waals surface area contributed by atoms with Gasteiger partial charge in [-0.05, 0) is 134 Å². The third-order valence-corrected chi connectivity index (χ3v) is 8.56. The van der Waals surface area contributed by atoms with Crippen molar-refractivity contribution in [2.24, 2.45) is 0 Å². The highest BCUT2D eigenvalue weighted by molar-refractivity contribution is 7.97. The van der Waals surface area contributed by atoms with Crippen molar-refractivity contribution < 1.29 is 22.4 Å². The zero-order valence-corrected chi connectivity index (χ0v) is 26.7. The second-order valence-corrected chi connectivity index (χ2v) is 15.2. The largest absolute Gasteiger partial charge is 0.744 e. The molecule has 0 aromatic heterocycles. The molecule has 0 saturated heterocycles. The number of benzene rings is 4. The fraction of sp³-hybridized carbons (Fsp3) is 0.294. The van der Waals surface area contributed by atoms with Gasteiger partial charge in [0.1, 0.15) is 32.8 Å². The van der Waals surface area contributed by atoms with Crippen molar-refractivity contribution >= 4 is 21.0 Å². The molecule has 4 aromatic rings. The molecule has 0 saturated carbocycles. The normalized spacial score (nSPS) is 12.0. The van der Waals surface area contributed by atoms with E-state index >= 15 is 0 Å². The van der Waals surface area contributed by atoms with E-state index in [-0.39, 0.29) is 27.0 Å². The molecule has 0 spiro atoms. The minimum Gasteiger partial charge on any atom is -0.744 e. The van der Waals surface area contributed by atoms with Gasteiger partial charge in [0.05, 0.1) is 15.8 Å². The van der Waals surface area contributed by atoms with E-state index in [2.05, 4.69) is 121 Å². The van der Waals surface area contributed by atoms with E-state index in [1.165, 1.54) is 32.4 Å². The van der Waals surface area contributed by atoms with Crippen LogP contribution in [0.5, 0.6) is 11.5 Å². The van der Waals surface area contributed by atoms with Gasteiger partial charge in [0, 0.05) is 0 Å². The Labute approximate surface area is 248 Å². The molecule has 0 unspecified atom stereocenters. The third kappa shape index (κ3) is 10.6. The molecule has 0 aliphatic carbocycles. The van der Waals surface area contributed by atoms with Crippen molar-refractivity contribution in [2.45, 2.75) is 86.2 Å². The second kappa shape index (κ2) is 13.1. The molecule has 0 aliphatic rings. The van der Waals surface area contributed by atoms with E-state index in [1.807, 2.05) is 6.92 Å². The Morgan fingerprint density at radius 3 is 1.39 bits per heavy atom. The van der Waals surface area contributed by atoms with Gasteiger partial charge in [-0.25, -0.2) is 8.42 Å². The Morgan fingerprint density at radius 1 is 0.585 bits per heavy atom. The molecule has 41 heavy (non-hydrogen) atoms. The molecule has 4 rings (SSSR count). The molecule has 0 amide bonds. The van der Waals surface area contributed by atoms with Crippen molar-refractivity contribution in [3.63, 3.8) is 0 Å². The zero-order chi connectivity index (χ0) is 30.4. The van der Waals surface area contributed by atoms with Crippen LogP contribution in [0.25, 0.3) is 0 Å². The average molecular weight is 593 g/mol. The molecular formula is C34H40O5S2. The molecule has 5 nitrogen and oxygen atoms in total. The van der Waals surface area contributed by atoms with Crippen molar-refractivity contribution in [3.05, 3.63) is 108 Å². The fourth-order valence-electron chi connectivity index (χ4n) is 3.85. The highest BCUT2D eigenvalue weighted by Crippen LogP contribution is 2.34. The first-order valence-corrected chi connectivity index (χ1v) is 16.1. The lowest BCUT2D eigenvalue weighted by atomic mass is 10.2. The number of hydrogen-bond acceptors (Lipinski definition) is 5. The number of aryl methyl sites for hydroxylation is 2. The zero-order valence-electron chi connectivity index (χ0n) is 25.1. The molecule has 0 heterocycles. The molecule has 0 bridgehead atoms. The first-order chi connectivity index (χ1) is 19.0. The van der Waals surface area contributed by atoms with Crippen LogP contribution in [-0.2, 0) is 21.0 Å². The smallest absolute Gasteiger partial charge is 0.166 e. The van der Waals surface area contributed by atoms with Gasteiger partial charge in [0.2, 0.25) is 0 Å². The molecule has 0 aliphatic heterocycles. The number of rotatable bonds is 6. The van der Waals surface area contributed by atoms with E-state index in [0.29, 0.717) is 0 Å². The first-order valence-electron chi connectivity index (χ1n) is 13.4. The Morgan fingerprint density at radius 2 is 1.02 bits per heavy atom. The fourth-order valence-corrected chi connectivity index (χ4v) is 6.47. The number of hydrogen-bond donors (Lipinski definition) is 0. The van der Waals surface area contributed by atoms with Crippen LogP contribution in [0.1, 0.15) is 52.7 Å². The monoisotopic (exact) mass is 592 g/mol. The van der Waals surface area contributed by atoms with E-state index in [1.54, 1.807) is 12.1 Å². The van der Waals surface area contributed by atoms with Gasteiger partial charge in [0.25, 0.3) is 0 Å². The summed E-state index contributed by atoms with van der Waals surface area (Å²) in [6, 6.07) is 31.6. The number of ether oxygens (including phenoxy) is 2. The molecule has 0 fully saturated rings. The summed E-state index contributed by atoms with van der Waals surface area (Å²) in [4.78, 5) is 3.67. The summed E-state index contributed by atoms with van der Waals surface area (Å²) in [6.45, 7) is 16.4. The second-order valence-electron chi connectivity index (χ2n) is 11.8. The van der Waals surface area contributed by atoms with E-state index in [4.69, 9.17) is 9.47 Å². The molecular weight excluding hydrogens is 553 g/mol. The quantitative estimate of drug-likeness (QED) is 0.166. The molecule has 218 valence electrons. The highest BCUT2D eigenvalue weighted by atomic mass is 32.2. The maximum atomic E-state index is 10.4. The Kier molecular flexibility index (Phi) is 10.3. The Bertz CT molecular complexity index is 1450. The highest BCUT2D eigenvalue weighted by Gasteiger charge is 2.29. The maximum Gasteiger partial charge on any atom is 0.166 e. The van der Waals surface area contributed by atoms with Gasteiger partial charge in [-0.2, -0.15) is 0 Å². The van der Waals surface area contributed by atoms with Crippen LogP contribution in [0.4, 0.5) is 0 Å². The topological polar surface area (TPSA) is 75.7 Å². The average Bonchev–Trinajstić information content (AvgIpc) is 2.85. The minimum absolute atomic E-state index is 0.178. The van der Waals surface area contributed by atoms with Gasteiger partial charge in [-0.3, -0.25) is 0 Å². The molecule has 0 atom stereocenters. The van der Waals surface area contributed by atoms with Gasteiger partial charge in [0.15, 0.2) is 14.7 Å². The molecule has 7 heteroatoms. The van der Waals surface area contributed by atoms with E-state index in [9.17, 15) is 13.0 Å². The summed E-state index contributed by atoms with van der Waals surface area (Å²) in [5.74, 6) is 1.79. The van der Waals surface area contributed by atoms with E-state index in [0.717, 1.165) is 17.1 Å². The van der Waals surface area contributed by atoms with Crippen molar-refractivity contribution in [3.8, 4) is 11.5 Å². The van der Waals surface area contributed by atoms with Crippen LogP contribution in [-0.4, -0.2) is 24.2 Å². The van der Waals surface area contributed by atoms with Crippen LogP contribution in [0.3, 0.4) is 0 Å². The van der Waals surface area contributed by atoms with Crippen LogP contribution in [0.2, 0.25) is 0 Å². The lowest BCUT2D eigenvalue weighted by molar-refractivity contribution is 0.130. The van der Waals surface area contributed by atoms with Gasteiger partial charge in [-0.15, -0.1) is 0 Å². The SMILES string of the molecule is Cc1ccc(S(=O)(=O)[O-])cc1.Cc1cccc([S+](c2ccc(OC(C)(C)C)cc2)c2ccc(OC(C)(C)C)cc2)c1. The Hall–Kier alpha value is -3.26. The van der Waals surface area contributed by atoms with Gasteiger partial charge in [-0.1, -0.05) is 29.8 Å². The molecule has 0 N–H and O–H groups in total. The summed E-state index contributed by atoms with van der Waals surface area (Å²) in [5, 5.41) is 0. The summed E-state index contributed by atoms with van der Waals surface area (Å²) in [6.07, 6.45) is 0. The Balaban J connectivity index is 0.000000352. The molecule has 0 radical (unpaired) electrons. The summed E-state index contributed by atoms with van der Waals surface area (Å²) in [5.41, 5.74) is 1.79. The summed E-state index contributed by atoms with van der Waals surface area (Å²) < 4.78 is 43.2. The van der Waals surface area contributed by atoms with Crippen molar-refractivity contribution in [1.29, 1.82) is 0 Å². The van der Waals surface area contributed by atoms with Crippen LogP contribution in [0, 0.1) is 13.8 Å². The standard InChI is InChI=1S/C27H33O2S.C7H8O3S/c1-20-9-8-10-25(19-20)30(23-15-11-21(12-16-23)28-26(2,3)4)24-17-13-22(14-18-24)29-27(5,6)7;1-6-2-4-7(5-3-6)11(8,9)10/h8-19H,1-7H3;2-5H,1H3,(H,8,9,10)/q+1;/p-1. The lowest BCUT2D eigenvalue weighted by Crippen LogP contribution is -2.23. The van der Waals surface area contributed by atoms with E-state index < -0.39 is 10.1 Å². The first kappa shape index (κ1) is 32.3. The lowest BCUT2D eigenvalue weighted by Gasteiger charge is -2.21. The molecule has 4 aromatic carbocycles. The van der Waals surface area contributed by atoms with Crippen molar-refractivity contribution in [2.75, 3.05) is 0 Å². The third-order valence-electron chi connectivity index (χ3n) is 5.50. The van der Waals surface area contributed by atoms with Crippen LogP contribution in [0.15, 0.2) is 117 Å². The van der Waals surface area contributed by atoms with Crippen LogP contribution < -0.4 is 9.47 Å². The maximum absolute atomic E-state index is 10.4. The van der Waals surface area contributed by atoms with Crippen molar-refractivity contribution in [1.82, 2.24) is 0 Å². The van der Waals surface area contributed by atoms with Gasteiger partial charge >= 0.3 is 0 Å². The predicted molar refractivity (Wildman–Crippen MR) is 166 cm³/mol. The summed E-state index contributed by atoms with van der Waals surface area (Å²) in [7, 11) is -4.47. The van der Waals surface area contributed by atoms with Gasteiger partial charge < -0.3 is 14.0 Å². The predicted octanol–water partition coefficient (Wildman–Crippen LogP) is 8.34. The summed E-state index contributed by atoms with van der Waals surface area (Å²) >= 11 is 0. The van der Waals surface area contributed by atoms with Crippen LogP contribution >= 0.6 is 0 Å². The minimum atomic E-state index is -4.27.